The van der Waals surface area contributed by atoms with Crippen molar-refractivity contribution >= 4 is 38.1 Å². The van der Waals surface area contributed by atoms with Gasteiger partial charge in [0.15, 0.2) is 10.5 Å². The minimum absolute atomic E-state index is 0.164. The molecule has 2 atom stereocenters. The van der Waals surface area contributed by atoms with Crippen LogP contribution in [0.15, 0.2) is 17.0 Å². The van der Waals surface area contributed by atoms with Crippen molar-refractivity contribution in [2.24, 2.45) is 0 Å². The smallest absolute Gasteiger partial charge is 0.300 e. The Balaban J connectivity index is 0.000000242. The molecule has 0 N–H and O–H groups in total. The molecular weight excluding hydrogens is 454 g/mol. The van der Waals surface area contributed by atoms with Crippen molar-refractivity contribution in [1.29, 1.82) is 0 Å². The predicted molar refractivity (Wildman–Crippen MR) is 112 cm³/mol. The van der Waals surface area contributed by atoms with E-state index in [0.29, 0.717) is 0 Å². The van der Waals surface area contributed by atoms with Crippen LogP contribution in [0, 0.1) is 30.3 Å². The molecular formula is C17H23N3O9S2. The molecule has 3 rings (SSSR count). The van der Waals surface area contributed by atoms with E-state index in [4.69, 9.17) is 0 Å². The van der Waals surface area contributed by atoms with Gasteiger partial charge in [0.25, 0.3) is 5.69 Å². The molecule has 1 saturated heterocycles. The summed E-state index contributed by atoms with van der Waals surface area (Å²) in [5.41, 5.74) is -4.11. The van der Waals surface area contributed by atoms with E-state index < -0.39 is 46.8 Å². The van der Waals surface area contributed by atoms with Crippen LogP contribution in [0.25, 0.3) is 0 Å². The standard InChI is InChI=1S/C11H21S.C6H3N3O9S/c1-2-9-12-10-7-5-3-4-6-8-11(10)12;10-7(11)3-1-4(8(12)13)6(19(16,17)18)5(2-3)9(14)15/h10-11H,2-9H2,1H3;1-2H,(H,16,17,18)/q+1;/p-1. The Morgan fingerprint density at radius 1 is 0.903 bits per heavy atom. The Morgan fingerprint density at radius 2 is 1.35 bits per heavy atom. The second kappa shape index (κ2) is 10.3. The van der Waals surface area contributed by atoms with Gasteiger partial charge in [-0.3, -0.25) is 30.3 Å². The van der Waals surface area contributed by atoms with Crippen LogP contribution < -0.4 is 0 Å². The molecule has 12 nitrogen and oxygen atoms in total. The fourth-order valence-corrected chi connectivity index (χ4v) is 7.84. The van der Waals surface area contributed by atoms with Crippen molar-refractivity contribution < 1.29 is 27.7 Å². The lowest BCUT2D eigenvalue weighted by Gasteiger charge is -2.07. The van der Waals surface area contributed by atoms with Gasteiger partial charge in [-0.2, -0.15) is 0 Å². The van der Waals surface area contributed by atoms with Gasteiger partial charge in [-0.05, 0) is 32.1 Å². The summed E-state index contributed by atoms with van der Waals surface area (Å²) < 4.78 is 32.5. The first-order chi connectivity index (χ1) is 14.5. The number of hydrogen-bond donors (Lipinski definition) is 0. The lowest BCUT2D eigenvalue weighted by Crippen LogP contribution is -2.08. The van der Waals surface area contributed by atoms with Gasteiger partial charge in [0.05, 0.1) is 26.9 Å². The molecule has 0 spiro atoms. The van der Waals surface area contributed by atoms with Crippen LogP contribution >= 0.6 is 0 Å². The highest BCUT2D eigenvalue weighted by Gasteiger charge is 2.60. The summed E-state index contributed by atoms with van der Waals surface area (Å²) in [6.07, 6.45) is 10.7. The average molecular weight is 478 g/mol. The van der Waals surface area contributed by atoms with Crippen molar-refractivity contribution in [3.8, 4) is 0 Å². The summed E-state index contributed by atoms with van der Waals surface area (Å²) in [6, 6.07) is 0.329. The summed E-state index contributed by atoms with van der Waals surface area (Å²) in [5, 5.41) is 34.0. The first kappa shape index (κ1) is 24.9. The lowest BCUT2D eigenvalue weighted by atomic mass is 10.0. The van der Waals surface area contributed by atoms with E-state index in [-0.39, 0.29) is 12.1 Å². The van der Waals surface area contributed by atoms with Crippen molar-refractivity contribution in [1.82, 2.24) is 0 Å². The van der Waals surface area contributed by atoms with E-state index in [1.54, 1.807) is 18.6 Å². The van der Waals surface area contributed by atoms with Gasteiger partial charge >= 0.3 is 11.4 Å². The van der Waals surface area contributed by atoms with E-state index >= 15 is 0 Å². The second-order valence-corrected chi connectivity index (χ2v) is 11.2. The molecule has 0 radical (unpaired) electrons. The summed E-state index contributed by atoms with van der Waals surface area (Å²) in [7, 11) is -4.65. The zero-order chi connectivity index (χ0) is 23.3. The third kappa shape index (κ3) is 6.33. The van der Waals surface area contributed by atoms with E-state index in [0.717, 1.165) is 10.9 Å². The molecule has 1 aromatic carbocycles. The quantitative estimate of drug-likeness (QED) is 0.194. The maximum atomic E-state index is 10.8. The number of non-ortho nitro benzene ring substituents is 1. The second-order valence-electron chi connectivity index (χ2n) is 7.28. The van der Waals surface area contributed by atoms with Gasteiger partial charge in [-0.1, -0.05) is 19.8 Å². The summed E-state index contributed by atoms with van der Waals surface area (Å²) in [4.78, 5) is 25.8. The number of fused-ring (bicyclic) bond motifs is 1. The molecule has 1 aliphatic heterocycles. The van der Waals surface area contributed by atoms with E-state index in [9.17, 15) is 43.3 Å². The predicted octanol–water partition coefficient (Wildman–Crippen LogP) is 3.44. The van der Waals surface area contributed by atoms with Crippen molar-refractivity contribution in [2.45, 2.75) is 67.3 Å². The number of benzene rings is 1. The Bertz CT molecular complexity index is 912. The van der Waals surface area contributed by atoms with Crippen LogP contribution in [0.3, 0.4) is 0 Å². The molecule has 14 heteroatoms. The zero-order valence-corrected chi connectivity index (χ0v) is 18.4. The maximum absolute atomic E-state index is 10.8. The molecule has 1 aromatic rings. The van der Waals surface area contributed by atoms with Gasteiger partial charge in [-0.15, -0.1) is 0 Å². The number of nitrogens with zero attached hydrogens (tertiary/aromatic N) is 3. The third-order valence-corrected chi connectivity index (χ3v) is 9.34. The van der Waals surface area contributed by atoms with Crippen molar-refractivity contribution in [3.63, 3.8) is 0 Å². The minimum Gasteiger partial charge on any atom is -0.744 e. The average Bonchev–Trinajstić information content (AvgIpc) is 3.29. The molecule has 2 fully saturated rings. The lowest BCUT2D eigenvalue weighted by molar-refractivity contribution is -0.407. The Labute approximate surface area is 181 Å². The van der Waals surface area contributed by atoms with Crippen LogP contribution in [0.2, 0.25) is 0 Å². The SMILES string of the molecule is CCC[S+]1C2CCCCCCC21.O=[N+]([O-])c1cc([N+](=O)[O-])c(S(=O)(=O)[O-])c([N+](=O)[O-])c1. The molecule has 1 heterocycles. The first-order valence-electron chi connectivity index (χ1n) is 9.74. The normalized spacial score (nSPS) is 22.7. The molecule has 0 amide bonds. The maximum Gasteiger partial charge on any atom is 0.300 e. The van der Waals surface area contributed by atoms with Crippen LogP contribution in [-0.2, 0) is 21.0 Å². The minimum atomic E-state index is -5.55. The van der Waals surface area contributed by atoms with Crippen molar-refractivity contribution in [2.75, 3.05) is 5.75 Å². The molecule has 31 heavy (non-hydrogen) atoms. The zero-order valence-electron chi connectivity index (χ0n) is 16.8. The number of hydrogen-bond acceptors (Lipinski definition) is 9. The topological polar surface area (TPSA) is 187 Å². The molecule has 2 aliphatic rings. The van der Waals surface area contributed by atoms with E-state index in [2.05, 4.69) is 6.92 Å². The number of rotatable bonds is 6. The monoisotopic (exact) mass is 477 g/mol. The molecule has 2 unspecified atom stereocenters. The van der Waals surface area contributed by atoms with Gasteiger partial charge in [0.2, 0.25) is 4.90 Å². The number of nitro benzene ring substituents is 3. The Morgan fingerprint density at radius 3 is 1.68 bits per heavy atom. The molecule has 0 bridgehead atoms. The van der Waals surface area contributed by atoms with Crippen LogP contribution in [0.1, 0.15) is 51.9 Å². The molecule has 172 valence electrons. The Hall–Kier alpha value is -2.32. The number of nitro groups is 3. The van der Waals surface area contributed by atoms with Gasteiger partial charge < -0.3 is 4.55 Å². The van der Waals surface area contributed by atoms with Crippen LogP contribution in [0.4, 0.5) is 17.1 Å². The highest BCUT2D eigenvalue weighted by Crippen LogP contribution is 2.44. The summed E-state index contributed by atoms with van der Waals surface area (Å²) in [6.45, 7) is 2.35. The fourth-order valence-electron chi connectivity index (χ4n) is 3.83. The molecule has 0 aromatic heterocycles. The highest BCUT2D eigenvalue weighted by atomic mass is 32.2. The molecule has 1 aliphatic carbocycles. The van der Waals surface area contributed by atoms with Crippen LogP contribution in [0.5, 0.6) is 0 Å². The first-order valence-corrected chi connectivity index (χ1v) is 12.7. The van der Waals surface area contributed by atoms with Gasteiger partial charge in [0.1, 0.15) is 15.9 Å². The van der Waals surface area contributed by atoms with Crippen LogP contribution in [-0.4, -0.2) is 44.0 Å². The van der Waals surface area contributed by atoms with E-state index in [1.165, 1.54) is 42.6 Å². The van der Waals surface area contributed by atoms with Gasteiger partial charge in [-0.25, -0.2) is 8.42 Å². The van der Waals surface area contributed by atoms with Crippen molar-refractivity contribution in [3.05, 3.63) is 42.5 Å². The largest absolute Gasteiger partial charge is 0.744 e. The van der Waals surface area contributed by atoms with Gasteiger partial charge in [0, 0.05) is 10.9 Å². The summed E-state index contributed by atoms with van der Waals surface area (Å²) in [5.74, 6) is 1.55. The summed E-state index contributed by atoms with van der Waals surface area (Å²) >= 11 is 0. The van der Waals surface area contributed by atoms with E-state index in [1.807, 2.05) is 0 Å². The Kier molecular flexibility index (Phi) is 8.31. The third-order valence-electron chi connectivity index (χ3n) is 5.17. The molecule has 1 saturated carbocycles. The highest BCUT2D eigenvalue weighted by molar-refractivity contribution is 8.05. The fraction of sp³-hybridized carbons (Fsp3) is 0.647.